The third kappa shape index (κ3) is 1.92. The van der Waals surface area contributed by atoms with Crippen LogP contribution in [0.5, 0.6) is 0 Å². The molecule has 0 atom stereocenters. The van der Waals surface area contributed by atoms with E-state index in [1.165, 1.54) is 6.33 Å². The quantitative estimate of drug-likeness (QED) is 0.685. The second-order valence-corrected chi connectivity index (χ2v) is 5.12. The minimum Gasteiger partial charge on any atom is -0.311 e. The zero-order valence-corrected chi connectivity index (χ0v) is 11.9. The highest BCUT2D eigenvalue weighted by Crippen LogP contribution is 2.30. The first-order chi connectivity index (χ1) is 9.61. The molecule has 0 aliphatic rings. The van der Waals surface area contributed by atoms with Crippen molar-refractivity contribution in [3.05, 3.63) is 52.0 Å². The van der Waals surface area contributed by atoms with Gasteiger partial charge < -0.3 is 4.57 Å². The van der Waals surface area contributed by atoms with Gasteiger partial charge in [0.1, 0.15) is 17.9 Å². The van der Waals surface area contributed by atoms with Gasteiger partial charge in [0, 0.05) is 11.2 Å². The van der Waals surface area contributed by atoms with Crippen molar-refractivity contribution >= 4 is 34.2 Å². The molecule has 0 N–H and O–H groups in total. The predicted octanol–water partition coefficient (Wildman–Crippen LogP) is 3.91. The zero-order valence-electron chi connectivity index (χ0n) is 10.4. The summed E-state index contributed by atoms with van der Waals surface area (Å²) in [4.78, 5) is 8.36. The number of aromatic nitrogens is 3. The summed E-state index contributed by atoms with van der Waals surface area (Å²) in [5.41, 5.74) is 3.39. The normalized spacial score (nSPS) is 10.7. The molecule has 4 nitrogen and oxygen atoms in total. The second kappa shape index (κ2) is 4.78. The number of fused-ring (bicyclic) bond motifs is 1. The maximum Gasteiger partial charge on any atom is 0.116 e. The third-order valence-electron chi connectivity index (χ3n) is 3.05. The lowest BCUT2D eigenvalue weighted by atomic mass is 10.2. The van der Waals surface area contributed by atoms with E-state index in [0.29, 0.717) is 21.1 Å². The lowest BCUT2D eigenvalue weighted by Crippen LogP contribution is -1.96. The number of nitriles is 1. The number of benzene rings is 1. The smallest absolute Gasteiger partial charge is 0.116 e. The van der Waals surface area contributed by atoms with Crippen LogP contribution >= 0.6 is 23.2 Å². The molecule has 1 aromatic carbocycles. The zero-order chi connectivity index (χ0) is 14.3. The fourth-order valence-electron chi connectivity index (χ4n) is 2.16. The summed E-state index contributed by atoms with van der Waals surface area (Å²) in [6.07, 6.45) is 3.16. The van der Waals surface area contributed by atoms with E-state index in [1.54, 1.807) is 24.4 Å². The molecule has 6 heteroatoms. The van der Waals surface area contributed by atoms with Crippen molar-refractivity contribution in [2.75, 3.05) is 0 Å². The molecule has 0 bridgehead atoms. The summed E-state index contributed by atoms with van der Waals surface area (Å²) < 4.78 is 1.82. The van der Waals surface area contributed by atoms with Crippen LogP contribution in [0.15, 0.2) is 30.7 Å². The van der Waals surface area contributed by atoms with E-state index >= 15 is 0 Å². The molecule has 0 unspecified atom stereocenters. The minimum atomic E-state index is 0.483. The minimum absolute atomic E-state index is 0.483. The van der Waals surface area contributed by atoms with Gasteiger partial charge in [0.05, 0.1) is 27.5 Å². The van der Waals surface area contributed by atoms with Crippen molar-refractivity contribution in [2.45, 2.75) is 6.92 Å². The lowest BCUT2D eigenvalue weighted by molar-refractivity contribution is 1.07. The summed E-state index contributed by atoms with van der Waals surface area (Å²) >= 11 is 12.2. The van der Waals surface area contributed by atoms with Crippen LogP contribution in [0.2, 0.25) is 10.0 Å². The second-order valence-electron chi connectivity index (χ2n) is 4.28. The van der Waals surface area contributed by atoms with Crippen molar-refractivity contribution in [3.63, 3.8) is 0 Å². The van der Waals surface area contributed by atoms with Gasteiger partial charge >= 0.3 is 0 Å². The molecule has 0 amide bonds. The molecule has 98 valence electrons. The van der Waals surface area contributed by atoms with Gasteiger partial charge in [-0.3, -0.25) is 0 Å². The van der Waals surface area contributed by atoms with Crippen LogP contribution in [0.3, 0.4) is 0 Å². The van der Waals surface area contributed by atoms with Gasteiger partial charge in [0.15, 0.2) is 0 Å². The summed E-state index contributed by atoms with van der Waals surface area (Å²) in [5.74, 6) is 0. The van der Waals surface area contributed by atoms with Gasteiger partial charge in [-0.15, -0.1) is 0 Å². The Hall–Kier alpha value is -2.09. The van der Waals surface area contributed by atoms with Crippen LogP contribution < -0.4 is 0 Å². The highest BCUT2D eigenvalue weighted by Gasteiger charge is 2.15. The van der Waals surface area contributed by atoms with Crippen molar-refractivity contribution in [3.8, 4) is 11.8 Å². The fourth-order valence-corrected chi connectivity index (χ4v) is 2.66. The van der Waals surface area contributed by atoms with Crippen LogP contribution in [-0.4, -0.2) is 14.5 Å². The molecule has 0 spiro atoms. The van der Waals surface area contributed by atoms with Crippen LogP contribution in [0.1, 0.15) is 11.3 Å². The Labute approximate surface area is 125 Å². The topological polar surface area (TPSA) is 54.5 Å². The maximum atomic E-state index is 9.22. The Morgan fingerprint density at radius 3 is 2.75 bits per heavy atom. The molecule has 0 saturated heterocycles. The first-order valence-electron chi connectivity index (χ1n) is 5.80. The van der Waals surface area contributed by atoms with Crippen LogP contribution in [0.4, 0.5) is 0 Å². The van der Waals surface area contributed by atoms with E-state index in [4.69, 9.17) is 23.2 Å². The van der Waals surface area contributed by atoms with E-state index in [0.717, 1.165) is 16.9 Å². The summed E-state index contributed by atoms with van der Waals surface area (Å²) in [5, 5.41) is 10.3. The first kappa shape index (κ1) is 12.9. The Morgan fingerprint density at radius 2 is 2.05 bits per heavy atom. The van der Waals surface area contributed by atoms with Gasteiger partial charge in [-0.2, -0.15) is 5.26 Å². The van der Waals surface area contributed by atoms with Gasteiger partial charge in [0.25, 0.3) is 0 Å². The molecule has 0 fully saturated rings. The molecule has 0 aliphatic heterocycles. The number of nitrogens with zero attached hydrogens (tertiary/aromatic N) is 4. The van der Waals surface area contributed by atoms with Gasteiger partial charge in [0.2, 0.25) is 0 Å². The van der Waals surface area contributed by atoms with Crippen molar-refractivity contribution in [1.29, 1.82) is 5.26 Å². The average Bonchev–Trinajstić information content (AvgIpc) is 2.79. The Morgan fingerprint density at radius 1 is 1.25 bits per heavy atom. The Bertz CT molecular complexity index is 861. The molecule has 0 saturated carbocycles. The SMILES string of the molecule is Cc1ncnc2c(C#N)cn(-c3ccc(Cl)cc3Cl)c12. The summed E-state index contributed by atoms with van der Waals surface area (Å²) in [6.45, 7) is 1.87. The molecule has 2 heterocycles. The predicted molar refractivity (Wildman–Crippen MR) is 78.3 cm³/mol. The fraction of sp³-hybridized carbons (Fsp3) is 0.0714. The average molecular weight is 303 g/mol. The van der Waals surface area contributed by atoms with Gasteiger partial charge in [-0.25, -0.2) is 9.97 Å². The molecular formula is C14H8Cl2N4. The van der Waals surface area contributed by atoms with Crippen LogP contribution in [0.25, 0.3) is 16.7 Å². The van der Waals surface area contributed by atoms with Gasteiger partial charge in [-0.05, 0) is 25.1 Å². The summed E-state index contributed by atoms with van der Waals surface area (Å²) in [7, 11) is 0. The summed E-state index contributed by atoms with van der Waals surface area (Å²) in [6, 6.07) is 7.35. The highest BCUT2D eigenvalue weighted by atomic mass is 35.5. The number of rotatable bonds is 1. The monoisotopic (exact) mass is 302 g/mol. The lowest BCUT2D eigenvalue weighted by Gasteiger charge is -2.08. The maximum absolute atomic E-state index is 9.22. The first-order valence-corrected chi connectivity index (χ1v) is 6.55. The molecular weight excluding hydrogens is 295 g/mol. The van der Waals surface area contributed by atoms with E-state index in [2.05, 4.69) is 16.0 Å². The molecule has 0 aliphatic carbocycles. The number of hydrogen-bond acceptors (Lipinski definition) is 3. The third-order valence-corrected chi connectivity index (χ3v) is 3.59. The molecule has 2 aromatic heterocycles. The number of aryl methyl sites for hydroxylation is 1. The largest absolute Gasteiger partial charge is 0.311 e. The molecule has 0 radical (unpaired) electrons. The molecule has 20 heavy (non-hydrogen) atoms. The Balaban J connectivity index is 2.40. The van der Waals surface area contributed by atoms with Crippen LogP contribution in [-0.2, 0) is 0 Å². The van der Waals surface area contributed by atoms with E-state index in [-0.39, 0.29) is 0 Å². The van der Waals surface area contributed by atoms with Crippen molar-refractivity contribution in [2.24, 2.45) is 0 Å². The number of halogens is 2. The Kier molecular flexibility index (Phi) is 3.09. The van der Waals surface area contributed by atoms with Crippen LogP contribution in [0, 0.1) is 18.3 Å². The van der Waals surface area contributed by atoms with E-state index in [9.17, 15) is 5.26 Å². The standard InChI is InChI=1S/C14H8Cl2N4/c1-8-14-13(19-7-18-8)9(5-17)6-20(14)12-3-2-10(15)4-11(12)16/h2-4,6-7H,1H3. The van der Waals surface area contributed by atoms with Crippen molar-refractivity contribution in [1.82, 2.24) is 14.5 Å². The van der Waals surface area contributed by atoms with Gasteiger partial charge in [-0.1, -0.05) is 23.2 Å². The molecule has 3 rings (SSSR count). The molecule has 3 aromatic rings. The highest BCUT2D eigenvalue weighted by molar-refractivity contribution is 6.35. The van der Waals surface area contributed by atoms with E-state index < -0.39 is 0 Å². The number of hydrogen-bond donors (Lipinski definition) is 0. The van der Waals surface area contributed by atoms with Crippen molar-refractivity contribution < 1.29 is 0 Å². The van der Waals surface area contributed by atoms with E-state index in [1.807, 2.05) is 11.5 Å².